The van der Waals surface area contributed by atoms with E-state index in [1.54, 1.807) is 0 Å². The monoisotopic (exact) mass is 526 g/mol. The first-order valence-corrected chi connectivity index (χ1v) is 11.3. The minimum absolute atomic E-state index is 0.0221. The summed E-state index contributed by atoms with van der Waals surface area (Å²) in [6, 6.07) is -5.27. The van der Waals surface area contributed by atoms with Crippen molar-refractivity contribution in [1.29, 1.82) is 0 Å². The highest BCUT2D eigenvalue weighted by molar-refractivity contribution is 5.94. The maximum absolute atomic E-state index is 12.9. The molecule has 0 radical (unpaired) electrons. The fourth-order valence-electron chi connectivity index (χ4n) is 3.04. The highest BCUT2D eigenvalue weighted by Crippen LogP contribution is 2.04. The predicted octanol–water partition coefficient (Wildman–Crippen LogP) is -4.87. The number of hydrogen-bond acceptors (Lipinski definition) is 9. The van der Waals surface area contributed by atoms with Crippen LogP contribution in [0.5, 0.6) is 0 Å². The Hall–Kier alpha value is -4.25. The second kappa shape index (κ2) is 15.7. The Labute approximate surface area is 211 Å². The summed E-state index contributed by atoms with van der Waals surface area (Å²) in [6.07, 6.45) is 2.66. The third-order valence-electron chi connectivity index (χ3n) is 5.03. The molecule has 17 nitrogen and oxygen atoms in total. The average Bonchev–Trinajstić information content (AvgIpc) is 3.34. The Morgan fingerprint density at radius 3 is 2.14 bits per heavy atom. The molecule has 1 aromatic rings. The van der Waals surface area contributed by atoms with Gasteiger partial charge in [-0.2, -0.15) is 0 Å². The molecule has 37 heavy (non-hydrogen) atoms. The average molecular weight is 527 g/mol. The third kappa shape index (κ3) is 11.8. The van der Waals surface area contributed by atoms with Gasteiger partial charge >= 0.3 is 5.97 Å². The first-order valence-electron chi connectivity index (χ1n) is 11.3. The molecule has 0 fully saturated rings. The number of nitrogens with zero attached hydrogens (tertiary/aromatic N) is 2. The number of guanidine groups is 1. The SMILES string of the molecule is NC(=O)CCC(N)C(=O)NC(CCCN=C(N)N)C(=O)NC(CO)C(=O)NC(Cc1cnc[nH]1)C(=O)O. The summed E-state index contributed by atoms with van der Waals surface area (Å²) in [7, 11) is 0. The first-order chi connectivity index (χ1) is 17.4. The van der Waals surface area contributed by atoms with Gasteiger partial charge in [0.05, 0.1) is 19.0 Å². The highest BCUT2D eigenvalue weighted by atomic mass is 16.4. The molecule has 0 aliphatic carbocycles. The molecule has 1 rings (SSSR count). The molecule has 17 heteroatoms. The van der Waals surface area contributed by atoms with Crippen LogP contribution in [0.25, 0.3) is 0 Å². The zero-order valence-electron chi connectivity index (χ0n) is 20.1. The van der Waals surface area contributed by atoms with Crippen LogP contribution in [0.4, 0.5) is 0 Å². The summed E-state index contributed by atoms with van der Waals surface area (Å²) in [5.41, 5.74) is 21.8. The van der Waals surface area contributed by atoms with Crippen LogP contribution < -0.4 is 38.9 Å². The molecule has 0 bridgehead atoms. The van der Waals surface area contributed by atoms with Crippen molar-refractivity contribution in [2.24, 2.45) is 27.9 Å². The van der Waals surface area contributed by atoms with E-state index in [1.807, 2.05) is 0 Å². The number of carbonyl (C=O) groups is 5. The van der Waals surface area contributed by atoms with Crippen molar-refractivity contribution in [2.75, 3.05) is 13.2 Å². The lowest BCUT2D eigenvalue weighted by Gasteiger charge is -2.24. The van der Waals surface area contributed by atoms with E-state index in [-0.39, 0.29) is 44.6 Å². The molecule has 1 aromatic heterocycles. The zero-order chi connectivity index (χ0) is 28.0. The number of carboxylic acids is 1. The topological polar surface area (TPSA) is 307 Å². The molecule has 0 aliphatic heterocycles. The van der Waals surface area contributed by atoms with Crippen LogP contribution in [0.3, 0.4) is 0 Å². The molecule has 4 amide bonds. The van der Waals surface area contributed by atoms with Crippen molar-refractivity contribution in [1.82, 2.24) is 25.9 Å². The maximum Gasteiger partial charge on any atom is 0.326 e. The van der Waals surface area contributed by atoms with E-state index in [9.17, 15) is 34.2 Å². The summed E-state index contributed by atoms with van der Waals surface area (Å²) < 4.78 is 0. The van der Waals surface area contributed by atoms with E-state index in [0.29, 0.717) is 5.69 Å². The first kappa shape index (κ1) is 30.8. The van der Waals surface area contributed by atoms with Crippen LogP contribution in [-0.4, -0.2) is 93.1 Å². The van der Waals surface area contributed by atoms with Crippen molar-refractivity contribution in [3.63, 3.8) is 0 Å². The number of hydrogen-bond donors (Lipinski definition) is 10. The Bertz CT molecular complexity index is 949. The number of amides is 4. The van der Waals surface area contributed by atoms with Gasteiger partial charge in [-0.25, -0.2) is 9.78 Å². The normalized spacial score (nSPS) is 13.9. The van der Waals surface area contributed by atoms with E-state index in [2.05, 4.69) is 30.9 Å². The number of aromatic amines is 1. The van der Waals surface area contributed by atoms with Crippen molar-refractivity contribution in [2.45, 2.75) is 56.3 Å². The number of H-pyrrole nitrogens is 1. The van der Waals surface area contributed by atoms with Gasteiger partial charge in [0.25, 0.3) is 0 Å². The number of aliphatic carboxylic acids is 1. The number of rotatable bonds is 17. The summed E-state index contributed by atoms with van der Waals surface area (Å²) in [5.74, 6) is -4.74. The van der Waals surface area contributed by atoms with Crippen LogP contribution >= 0.6 is 0 Å². The number of nitrogens with one attached hydrogen (secondary N) is 4. The minimum atomic E-state index is -1.53. The van der Waals surface area contributed by atoms with Crippen LogP contribution in [0.2, 0.25) is 0 Å². The van der Waals surface area contributed by atoms with Gasteiger partial charge in [0.15, 0.2) is 5.96 Å². The molecule has 4 atom stereocenters. The minimum Gasteiger partial charge on any atom is -0.480 e. The van der Waals surface area contributed by atoms with Gasteiger partial charge in [-0.1, -0.05) is 0 Å². The second-order valence-electron chi connectivity index (χ2n) is 8.05. The van der Waals surface area contributed by atoms with Crippen LogP contribution in [-0.2, 0) is 30.4 Å². The number of imidazole rings is 1. The molecule has 0 saturated heterocycles. The maximum atomic E-state index is 12.9. The number of aliphatic hydroxyl groups is 1. The molecule has 206 valence electrons. The Morgan fingerprint density at radius 2 is 1.59 bits per heavy atom. The number of carbonyl (C=O) groups excluding carboxylic acids is 4. The summed E-state index contributed by atoms with van der Waals surface area (Å²) in [5, 5.41) is 26.0. The van der Waals surface area contributed by atoms with Crippen molar-refractivity contribution in [3.8, 4) is 0 Å². The van der Waals surface area contributed by atoms with Gasteiger partial charge < -0.3 is 54.1 Å². The molecule has 0 saturated carbocycles. The lowest BCUT2D eigenvalue weighted by Crippen LogP contribution is -2.58. The summed E-state index contributed by atoms with van der Waals surface area (Å²) in [6.45, 7) is -0.728. The summed E-state index contributed by atoms with van der Waals surface area (Å²) in [4.78, 5) is 70.7. The van der Waals surface area contributed by atoms with Crippen molar-refractivity contribution < 1.29 is 34.2 Å². The van der Waals surface area contributed by atoms with Crippen molar-refractivity contribution in [3.05, 3.63) is 18.2 Å². The molecule has 14 N–H and O–H groups in total. The molecule has 0 spiro atoms. The molecule has 1 heterocycles. The largest absolute Gasteiger partial charge is 0.480 e. The fraction of sp³-hybridized carbons (Fsp3) is 0.550. The molecule has 0 aromatic carbocycles. The van der Waals surface area contributed by atoms with Gasteiger partial charge in [0.1, 0.15) is 18.1 Å². The van der Waals surface area contributed by atoms with Crippen LogP contribution in [0.15, 0.2) is 17.5 Å². The number of aliphatic imine (C=N–C) groups is 1. The number of carboxylic acid groups (broad SMARTS) is 1. The van der Waals surface area contributed by atoms with Crippen molar-refractivity contribution >= 4 is 35.6 Å². The predicted molar refractivity (Wildman–Crippen MR) is 129 cm³/mol. The quantitative estimate of drug-likeness (QED) is 0.0521. The Kier molecular flexibility index (Phi) is 13.0. The van der Waals surface area contributed by atoms with Gasteiger partial charge in [0, 0.05) is 31.3 Å². The molecular weight excluding hydrogens is 492 g/mol. The van der Waals surface area contributed by atoms with Gasteiger partial charge in [-0.3, -0.25) is 24.2 Å². The third-order valence-corrected chi connectivity index (χ3v) is 5.03. The number of aliphatic hydroxyl groups excluding tert-OH is 1. The van der Waals surface area contributed by atoms with Gasteiger partial charge in [-0.15, -0.1) is 0 Å². The van der Waals surface area contributed by atoms with Gasteiger partial charge in [0.2, 0.25) is 23.6 Å². The molecule has 0 aliphatic rings. The molecule has 4 unspecified atom stereocenters. The number of aromatic nitrogens is 2. The van der Waals surface area contributed by atoms with E-state index in [4.69, 9.17) is 22.9 Å². The smallest absolute Gasteiger partial charge is 0.326 e. The Balaban J connectivity index is 2.88. The summed E-state index contributed by atoms with van der Waals surface area (Å²) >= 11 is 0. The lowest BCUT2D eigenvalue weighted by molar-refractivity contribution is -0.142. The Morgan fingerprint density at radius 1 is 0.973 bits per heavy atom. The van der Waals surface area contributed by atoms with E-state index in [1.165, 1.54) is 12.5 Å². The highest BCUT2D eigenvalue weighted by Gasteiger charge is 2.30. The fourth-order valence-corrected chi connectivity index (χ4v) is 3.04. The number of nitrogens with two attached hydrogens (primary N) is 4. The second-order valence-corrected chi connectivity index (χ2v) is 8.05. The standard InChI is InChI=1S/C20H34N10O7/c21-11(3-4-15(22)32)16(33)28-12(2-1-5-26-20(23)24)17(34)30-14(8-31)18(35)29-13(19(36)37)6-10-7-25-9-27-10/h7,9,11-14,31H,1-6,8,21H2,(H2,22,32)(H,25,27)(H,28,33)(H,29,35)(H,30,34)(H,36,37)(H4,23,24,26). The number of primary amides is 1. The van der Waals surface area contributed by atoms with E-state index >= 15 is 0 Å². The van der Waals surface area contributed by atoms with E-state index in [0.717, 1.165) is 0 Å². The zero-order valence-corrected chi connectivity index (χ0v) is 20.1. The molecular formula is C20H34N10O7. The van der Waals surface area contributed by atoms with E-state index < -0.39 is 60.4 Å². The van der Waals surface area contributed by atoms with Crippen LogP contribution in [0.1, 0.15) is 31.4 Å². The van der Waals surface area contributed by atoms with Crippen LogP contribution in [0, 0.1) is 0 Å². The van der Waals surface area contributed by atoms with Gasteiger partial charge in [-0.05, 0) is 19.3 Å². The lowest BCUT2D eigenvalue weighted by atomic mass is 10.1.